The lowest BCUT2D eigenvalue weighted by Crippen LogP contribution is -2.17. The van der Waals surface area contributed by atoms with Crippen LogP contribution in [0.5, 0.6) is 5.75 Å². The monoisotopic (exact) mass is 438 g/mol. The molecule has 0 aromatic heterocycles. The molecule has 0 unspecified atom stereocenters. The van der Waals surface area contributed by atoms with Crippen molar-refractivity contribution in [3.05, 3.63) is 95.0 Å². The van der Waals surface area contributed by atoms with Gasteiger partial charge in [-0.25, -0.2) is 10.2 Å². The molecule has 30 heavy (non-hydrogen) atoms. The van der Waals surface area contributed by atoms with Gasteiger partial charge in [-0.05, 0) is 66.2 Å². The summed E-state index contributed by atoms with van der Waals surface area (Å²) in [6, 6.07) is 23.1. The fourth-order valence-corrected chi connectivity index (χ4v) is 3.37. The molecule has 0 atom stereocenters. The number of hydrogen-bond donors (Lipinski definition) is 1. The topological polar surface area (TPSA) is 67.8 Å². The van der Waals surface area contributed by atoms with Gasteiger partial charge in [0, 0.05) is 22.1 Å². The van der Waals surface area contributed by atoms with Gasteiger partial charge < -0.3 is 4.74 Å². The van der Waals surface area contributed by atoms with E-state index in [-0.39, 0.29) is 5.91 Å². The number of carbonyl (C=O) groups excluding carboxylic acids is 2. The van der Waals surface area contributed by atoms with Gasteiger partial charge in [0.15, 0.2) is 0 Å². The van der Waals surface area contributed by atoms with E-state index in [9.17, 15) is 9.59 Å². The zero-order chi connectivity index (χ0) is 21.2. The minimum absolute atomic E-state index is 0.166. The number of nitrogens with zero attached hydrogens (tertiary/aromatic N) is 1. The summed E-state index contributed by atoms with van der Waals surface area (Å²) in [5, 5.41) is 4.65. The Kier molecular flexibility index (Phi) is 8.06. The Labute approximate surface area is 184 Å². The van der Waals surface area contributed by atoms with E-state index in [1.54, 1.807) is 60.3 Å². The van der Waals surface area contributed by atoms with Crippen LogP contribution in [-0.4, -0.2) is 23.8 Å². The largest absolute Gasteiger partial charge is 0.423 e. The number of ether oxygens (including phenoxy) is 1. The average molecular weight is 439 g/mol. The van der Waals surface area contributed by atoms with E-state index in [4.69, 9.17) is 16.3 Å². The van der Waals surface area contributed by atoms with Gasteiger partial charge >= 0.3 is 5.97 Å². The van der Waals surface area contributed by atoms with Crippen LogP contribution in [0.1, 0.15) is 22.3 Å². The van der Waals surface area contributed by atoms with E-state index < -0.39 is 5.97 Å². The third-order valence-electron chi connectivity index (χ3n) is 3.91. The predicted octanol–water partition coefficient (Wildman–Crippen LogP) is 5.19. The van der Waals surface area contributed by atoms with E-state index in [0.717, 1.165) is 10.5 Å². The summed E-state index contributed by atoms with van der Waals surface area (Å²) in [6.07, 6.45) is 1.88. The number of nitrogens with one attached hydrogen (secondary N) is 1. The van der Waals surface area contributed by atoms with Gasteiger partial charge in [0.2, 0.25) is 5.91 Å². The first-order valence-corrected chi connectivity index (χ1v) is 10.5. The van der Waals surface area contributed by atoms with E-state index in [1.165, 1.54) is 6.21 Å². The first-order valence-electron chi connectivity index (χ1n) is 9.18. The number of hydrogen-bond acceptors (Lipinski definition) is 5. The zero-order valence-corrected chi connectivity index (χ0v) is 17.5. The van der Waals surface area contributed by atoms with Crippen molar-refractivity contribution in [2.75, 3.05) is 5.75 Å². The highest BCUT2D eigenvalue weighted by molar-refractivity contribution is 7.99. The Morgan fingerprint density at radius 1 is 0.967 bits per heavy atom. The minimum atomic E-state index is -0.416. The molecule has 0 saturated carbocycles. The Morgan fingerprint density at radius 2 is 1.67 bits per heavy atom. The van der Waals surface area contributed by atoms with Crippen LogP contribution in [0.15, 0.2) is 88.9 Å². The third kappa shape index (κ3) is 7.06. The summed E-state index contributed by atoms with van der Waals surface area (Å²) in [5.74, 6) is 0.496. The highest BCUT2D eigenvalue weighted by Gasteiger charge is 2.07. The molecular formula is C23H19ClN2O3S. The van der Waals surface area contributed by atoms with Crippen LogP contribution in [0, 0.1) is 0 Å². The molecule has 3 aromatic carbocycles. The standard InChI is InChI=1S/C23H19ClN2O3S/c24-19-8-12-21(13-9-19)30-15-14-22(27)26-25-16-17-6-10-20(11-7-17)29-23(28)18-4-2-1-3-5-18/h1-13,16H,14-15H2,(H,26,27). The fourth-order valence-electron chi connectivity index (χ4n) is 2.39. The molecule has 0 bridgehead atoms. The Balaban J connectivity index is 1.40. The van der Waals surface area contributed by atoms with Crippen molar-refractivity contribution >= 4 is 41.5 Å². The molecule has 3 aromatic rings. The smallest absolute Gasteiger partial charge is 0.343 e. The van der Waals surface area contributed by atoms with Gasteiger partial charge in [0.1, 0.15) is 5.75 Å². The molecule has 3 rings (SSSR count). The van der Waals surface area contributed by atoms with Crippen molar-refractivity contribution in [2.45, 2.75) is 11.3 Å². The molecule has 0 aliphatic carbocycles. The van der Waals surface area contributed by atoms with Gasteiger partial charge in [0.25, 0.3) is 0 Å². The Hall–Kier alpha value is -3.09. The van der Waals surface area contributed by atoms with Gasteiger partial charge in [0.05, 0.1) is 11.8 Å². The van der Waals surface area contributed by atoms with Crippen LogP contribution < -0.4 is 10.2 Å². The molecule has 5 nitrogen and oxygen atoms in total. The second-order valence-electron chi connectivity index (χ2n) is 6.17. The van der Waals surface area contributed by atoms with Gasteiger partial charge in [-0.3, -0.25) is 4.79 Å². The van der Waals surface area contributed by atoms with Crippen LogP contribution in [0.25, 0.3) is 0 Å². The summed E-state index contributed by atoms with van der Waals surface area (Å²) >= 11 is 7.43. The molecule has 152 valence electrons. The van der Waals surface area contributed by atoms with Crippen LogP contribution in [-0.2, 0) is 4.79 Å². The SMILES string of the molecule is O=C(CCSc1ccc(Cl)cc1)NN=Cc1ccc(OC(=O)c2ccccc2)cc1. The average Bonchev–Trinajstić information content (AvgIpc) is 2.77. The molecule has 7 heteroatoms. The number of thioether (sulfide) groups is 1. The van der Waals surface area contributed by atoms with E-state index >= 15 is 0 Å². The summed E-state index contributed by atoms with van der Waals surface area (Å²) < 4.78 is 5.32. The fraction of sp³-hybridized carbons (Fsp3) is 0.0870. The molecule has 1 amide bonds. The number of hydrazone groups is 1. The Morgan fingerprint density at radius 3 is 2.37 bits per heavy atom. The van der Waals surface area contributed by atoms with Crippen LogP contribution in [0.2, 0.25) is 5.02 Å². The van der Waals surface area contributed by atoms with Crippen LogP contribution >= 0.6 is 23.4 Å². The molecule has 0 fully saturated rings. The van der Waals surface area contributed by atoms with Gasteiger partial charge in [-0.2, -0.15) is 5.10 Å². The Bertz CT molecular complexity index is 1010. The number of carbonyl (C=O) groups is 2. The lowest BCUT2D eigenvalue weighted by Gasteiger charge is -2.04. The highest BCUT2D eigenvalue weighted by atomic mass is 35.5. The normalized spacial score (nSPS) is 10.7. The molecule has 0 heterocycles. The molecule has 1 N–H and O–H groups in total. The zero-order valence-electron chi connectivity index (χ0n) is 16.0. The number of rotatable bonds is 8. The highest BCUT2D eigenvalue weighted by Crippen LogP contribution is 2.20. The summed E-state index contributed by atoms with van der Waals surface area (Å²) in [6.45, 7) is 0. The van der Waals surface area contributed by atoms with E-state index in [2.05, 4.69) is 10.5 Å². The molecule has 0 spiro atoms. The van der Waals surface area contributed by atoms with Crippen molar-refractivity contribution in [1.29, 1.82) is 0 Å². The number of esters is 1. The van der Waals surface area contributed by atoms with E-state index in [1.807, 2.05) is 30.3 Å². The van der Waals surface area contributed by atoms with Gasteiger partial charge in [-0.15, -0.1) is 11.8 Å². The summed E-state index contributed by atoms with van der Waals surface area (Å²) in [7, 11) is 0. The molecule has 0 aliphatic rings. The quantitative estimate of drug-likeness (QED) is 0.173. The lowest BCUT2D eigenvalue weighted by atomic mass is 10.2. The van der Waals surface area contributed by atoms with Crippen molar-refractivity contribution in [2.24, 2.45) is 5.10 Å². The van der Waals surface area contributed by atoms with Crippen LogP contribution in [0.3, 0.4) is 0 Å². The predicted molar refractivity (Wildman–Crippen MR) is 120 cm³/mol. The number of halogens is 1. The minimum Gasteiger partial charge on any atom is -0.423 e. The summed E-state index contributed by atoms with van der Waals surface area (Å²) in [4.78, 5) is 25.0. The molecule has 0 radical (unpaired) electrons. The molecular weight excluding hydrogens is 420 g/mol. The second kappa shape index (κ2) is 11.2. The van der Waals surface area contributed by atoms with Crippen molar-refractivity contribution in [1.82, 2.24) is 5.43 Å². The second-order valence-corrected chi connectivity index (χ2v) is 7.77. The molecule has 0 saturated heterocycles. The van der Waals surface area contributed by atoms with Gasteiger partial charge in [-0.1, -0.05) is 29.8 Å². The van der Waals surface area contributed by atoms with E-state index in [0.29, 0.717) is 28.5 Å². The maximum atomic E-state index is 12.0. The number of benzene rings is 3. The van der Waals surface area contributed by atoms with Crippen LogP contribution in [0.4, 0.5) is 0 Å². The first-order chi connectivity index (χ1) is 14.6. The number of amides is 1. The van der Waals surface area contributed by atoms with Crippen molar-refractivity contribution < 1.29 is 14.3 Å². The third-order valence-corrected chi connectivity index (χ3v) is 5.18. The van der Waals surface area contributed by atoms with Crippen molar-refractivity contribution in [3.63, 3.8) is 0 Å². The van der Waals surface area contributed by atoms with Crippen molar-refractivity contribution in [3.8, 4) is 5.75 Å². The summed E-state index contributed by atoms with van der Waals surface area (Å²) in [5.41, 5.74) is 3.76. The lowest BCUT2D eigenvalue weighted by molar-refractivity contribution is -0.120. The molecule has 0 aliphatic heterocycles. The first kappa shape index (κ1) is 21.6. The maximum absolute atomic E-state index is 12.0. The maximum Gasteiger partial charge on any atom is 0.343 e.